The number of nitrogens with zero attached hydrogens (tertiary/aromatic N) is 6. The van der Waals surface area contributed by atoms with Gasteiger partial charge in [0.1, 0.15) is 16.3 Å². The third-order valence-electron chi connectivity index (χ3n) is 6.84. The van der Waals surface area contributed by atoms with Gasteiger partial charge in [-0.15, -0.1) is 16.4 Å². The highest BCUT2D eigenvalue weighted by Gasteiger charge is 2.34. The minimum Gasteiger partial charge on any atom is -0.462 e. The van der Waals surface area contributed by atoms with Crippen LogP contribution in [0.4, 0.5) is 5.82 Å². The zero-order valence-corrected chi connectivity index (χ0v) is 22.4. The van der Waals surface area contributed by atoms with E-state index in [1.807, 2.05) is 44.3 Å². The lowest BCUT2D eigenvalue weighted by molar-refractivity contribution is -0.124. The van der Waals surface area contributed by atoms with E-state index in [1.165, 1.54) is 11.3 Å². The van der Waals surface area contributed by atoms with E-state index in [-0.39, 0.29) is 24.5 Å². The third kappa shape index (κ3) is 5.02. The molecule has 0 aromatic carbocycles. The summed E-state index contributed by atoms with van der Waals surface area (Å²) in [5.74, 6) is 0.478. The second-order valence-corrected chi connectivity index (χ2v) is 10.9. The van der Waals surface area contributed by atoms with Crippen LogP contribution < -0.4 is 4.90 Å². The summed E-state index contributed by atoms with van der Waals surface area (Å²) in [6.07, 6.45) is 9.06. The second-order valence-electron chi connectivity index (χ2n) is 9.88. The van der Waals surface area contributed by atoms with Gasteiger partial charge in [0.25, 0.3) is 0 Å². The van der Waals surface area contributed by atoms with Gasteiger partial charge in [-0.25, -0.2) is 19.0 Å². The van der Waals surface area contributed by atoms with E-state index in [0.717, 1.165) is 46.9 Å². The largest absolute Gasteiger partial charge is 0.462 e. The van der Waals surface area contributed by atoms with Gasteiger partial charge in [0.15, 0.2) is 11.5 Å². The molecule has 37 heavy (non-hydrogen) atoms. The molecule has 1 saturated carbocycles. The predicted octanol–water partition coefficient (Wildman–Crippen LogP) is 5.39. The highest BCUT2D eigenvalue weighted by Crippen LogP contribution is 2.34. The molecule has 0 unspecified atom stereocenters. The Morgan fingerprint density at radius 3 is 2.68 bits per heavy atom. The molecule has 1 fully saturated rings. The average molecular weight is 521 g/mol. The number of ether oxygens (including phenoxy) is 1. The van der Waals surface area contributed by atoms with Gasteiger partial charge in [0.05, 0.1) is 11.5 Å². The molecule has 0 saturated heterocycles. The van der Waals surface area contributed by atoms with Gasteiger partial charge >= 0.3 is 5.97 Å². The number of thiophene rings is 1. The van der Waals surface area contributed by atoms with Crippen molar-refractivity contribution < 1.29 is 14.3 Å². The van der Waals surface area contributed by atoms with Gasteiger partial charge in [0, 0.05) is 36.6 Å². The quantitative estimate of drug-likeness (QED) is 0.303. The smallest absolute Gasteiger partial charge is 0.343 e. The Balaban J connectivity index is 1.51. The lowest BCUT2D eigenvalue weighted by Crippen LogP contribution is -2.43. The summed E-state index contributed by atoms with van der Waals surface area (Å²) < 4.78 is 8.74. The molecule has 10 heteroatoms. The van der Waals surface area contributed by atoms with E-state index in [9.17, 15) is 9.59 Å². The minimum absolute atomic E-state index is 0.0294. The molecule has 194 valence electrons. The first-order valence-electron chi connectivity index (χ1n) is 12.9. The highest BCUT2D eigenvalue weighted by molar-refractivity contribution is 7.17. The maximum absolute atomic E-state index is 13.7. The Bertz CT molecular complexity index is 1380. The molecule has 1 aliphatic carbocycles. The summed E-state index contributed by atoms with van der Waals surface area (Å²) in [5, 5.41) is 10.2. The van der Waals surface area contributed by atoms with Gasteiger partial charge in [0.2, 0.25) is 5.91 Å². The number of esters is 1. The van der Waals surface area contributed by atoms with Gasteiger partial charge in [-0.3, -0.25) is 9.69 Å². The number of carbonyl (C=O) groups is 2. The molecule has 0 spiro atoms. The van der Waals surface area contributed by atoms with Crippen LogP contribution in [0.1, 0.15) is 63.7 Å². The molecule has 1 aliphatic rings. The van der Waals surface area contributed by atoms with Crippen LogP contribution in [-0.4, -0.2) is 48.9 Å². The lowest BCUT2D eigenvalue weighted by Gasteiger charge is -2.32. The van der Waals surface area contributed by atoms with Gasteiger partial charge in [-0.2, -0.15) is 5.10 Å². The molecule has 9 nitrogen and oxygen atoms in total. The zero-order chi connectivity index (χ0) is 26.1. The SMILES string of the molecule is CCOC(=O)c1cn(-c2ccc(-c3cc4ncccn4n3)s2)nc1N(C(=O)[C@H]1CC[C@H](C)CC1)C(C)C. The van der Waals surface area contributed by atoms with Crippen LogP contribution in [-0.2, 0) is 9.53 Å². The van der Waals surface area contributed by atoms with Gasteiger partial charge in [-0.1, -0.05) is 6.92 Å². The van der Waals surface area contributed by atoms with E-state index in [2.05, 4.69) is 17.0 Å². The van der Waals surface area contributed by atoms with Crippen LogP contribution in [0.15, 0.2) is 42.9 Å². The van der Waals surface area contributed by atoms with Gasteiger partial charge < -0.3 is 4.74 Å². The molecule has 5 rings (SSSR count). The fraction of sp³-hybridized carbons (Fsp3) is 0.444. The normalized spacial score (nSPS) is 17.9. The topological polar surface area (TPSA) is 94.6 Å². The van der Waals surface area contributed by atoms with Crippen molar-refractivity contribution in [3.05, 3.63) is 48.4 Å². The highest BCUT2D eigenvalue weighted by atomic mass is 32.1. The van der Waals surface area contributed by atoms with Crippen LogP contribution in [0.3, 0.4) is 0 Å². The lowest BCUT2D eigenvalue weighted by atomic mass is 9.82. The molecule has 0 N–H and O–H groups in total. The van der Waals surface area contributed by atoms with Crippen LogP contribution >= 0.6 is 11.3 Å². The number of carbonyl (C=O) groups excluding carboxylic acids is 2. The Morgan fingerprint density at radius 1 is 1.19 bits per heavy atom. The van der Waals surface area contributed by atoms with Crippen LogP contribution in [0.2, 0.25) is 0 Å². The Morgan fingerprint density at radius 2 is 1.97 bits per heavy atom. The fourth-order valence-electron chi connectivity index (χ4n) is 4.85. The molecule has 4 heterocycles. The van der Waals surface area contributed by atoms with Crippen LogP contribution in [0.25, 0.3) is 21.2 Å². The van der Waals surface area contributed by atoms with Crippen molar-refractivity contribution in [2.45, 2.75) is 59.4 Å². The van der Waals surface area contributed by atoms with Crippen molar-refractivity contribution in [3.63, 3.8) is 0 Å². The first kappa shape index (κ1) is 25.1. The monoisotopic (exact) mass is 520 g/mol. The Kier molecular flexibility index (Phi) is 7.10. The number of rotatable bonds is 7. The van der Waals surface area contributed by atoms with E-state index in [0.29, 0.717) is 17.3 Å². The van der Waals surface area contributed by atoms with Crippen molar-refractivity contribution in [1.29, 1.82) is 0 Å². The summed E-state index contributed by atoms with van der Waals surface area (Å²) in [6, 6.07) is 7.52. The molecule has 0 bridgehead atoms. The molecular weight excluding hydrogens is 488 g/mol. The van der Waals surface area contributed by atoms with E-state index in [1.54, 1.807) is 33.4 Å². The summed E-state index contributed by atoms with van der Waals surface area (Å²) in [5.41, 5.74) is 1.86. The maximum Gasteiger partial charge on any atom is 0.343 e. The molecule has 0 radical (unpaired) electrons. The first-order valence-corrected chi connectivity index (χ1v) is 13.7. The first-order chi connectivity index (χ1) is 17.9. The van der Waals surface area contributed by atoms with Crippen LogP contribution in [0.5, 0.6) is 0 Å². The number of aromatic nitrogens is 5. The summed E-state index contributed by atoms with van der Waals surface area (Å²) in [7, 11) is 0. The number of amides is 1. The molecular formula is C27H32N6O3S. The van der Waals surface area contributed by atoms with E-state index in [4.69, 9.17) is 9.84 Å². The minimum atomic E-state index is -0.484. The summed E-state index contributed by atoms with van der Waals surface area (Å²) >= 11 is 1.50. The zero-order valence-electron chi connectivity index (χ0n) is 21.6. The summed E-state index contributed by atoms with van der Waals surface area (Å²) in [6.45, 7) is 8.16. The molecule has 4 aromatic heterocycles. The number of hydrogen-bond acceptors (Lipinski definition) is 7. The van der Waals surface area contributed by atoms with Crippen molar-refractivity contribution in [1.82, 2.24) is 24.4 Å². The van der Waals surface area contributed by atoms with Crippen molar-refractivity contribution in [2.24, 2.45) is 11.8 Å². The molecule has 0 aliphatic heterocycles. The standard InChI is InChI=1S/C27H32N6O3S/c1-5-36-27(35)20-16-32(24-12-11-22(37-24)21-15-23-28-13-6-14-31(23)29-21)30-25(20)33(17(2)3)26(34)19-9-7-18(4)8-10-19/h6,11-19H,5,7-10H2,1-4H3/t18-,19-. The van der Waals surface area contributed by atoms with E-state index < -0.39 is 5.97 Å². The average Bonchev–Trinajstić information content (AvgIpc) is 3.62. The molecule has 1 amide bonds. The van der Waals surface area contributed by atoms with E-state index >= 15 is 0 Å². The Labute approximate surface area is 220 Å². The molecule has 0 atom stereocenters. The second kappa shape index (κ2) is 10.5. The van der Waals surface area contributed by atoms with Crippen molar-refractivity contribution in [3.8, 4) is 15.6 Å². The maximum atomic E-state index is 13.7. The molecule has 4 aromatic rings. The van der Waals surface area contributed by atoms with Crippen molar-refractivity contribution in [2.75, 3.05) is 11.5 Å². The van der Waals surface area contributed by atoms with Gasteiger partial charge in [-0.05, 0) is 70.6 Å². The number of anilines is 1. The van der Waals surface area contributed by atoms with Crippen molar-refractivity contribution >= 4 is 34.7 Å². The van der Waals surface area contributed by atoms with Crippen LogP contribution in [0, 0.1) is 11.8 Å². The number of hydrogen-bond donors (Lipinski definition) is 0. The Hall–Kier alpha value is -3.53. The predicted molar refractivity (Wildman–Crippen MR) is 143 cm³/mol. The fourth-order valence-corrected chi connectivity index (χ4v) is 5.74. The number of fused-ring (bicyclic) bond motifs is 1. The summed E-state index contributed by atoms with van der Waals surface area (Å²) in [4.78, 5) is 33.7. The third-order valence-corrected chi connectivity index (χ3v) is 7.94.